The van der Waals surface area contributed by atoms with Crippen molar-refractivity contribution in [3.05, 3.63) is 18.2 Å². The van der Waals surface area contributed by atoms with E-state index in [1.807, 2.05) is 6.07 Å². The summed E-state index contributed by atoms with van der Waals surface area (Å²) in [5, 5.41) is 8.80. The average Bonchev–Trinajstić information content (AvgIpc) is 3.00. The Morgan fingerprint density at radius 3 is 2.94 bits per heavy atom. The van der Waals surface area contributed by atoms with Crippen molar-refractivity contribution in [3.63, 3.8) is 0 Å². The monoisotopic (exact) mass is 223 g/mol. The quantitative estimate of drug-likeness (QED) is 0.741. The van der Waals surface area contributed by atoms with Crippen LogP contribution in [0.4, 0.5) is 5.69 Å². The lowest BCUT2D eigenvalue weighted by Gasteiger charge is -2.10. The van der Waals surface area contributed by atoms with Crippen LogP contribution >= 0.6 is 0 Å². The van der Waals surface area contributed by atoms with E-state index < -0.39 is 0 Å². The number of hydrogen-bond donors (Lipinski definition) is 2. The lowest BCUT2D eigenvalue weighted by molar-refractivity contribution is 0.238. The highest BCUT2D eigenvalue weighted by Gasteiger charge is 2.39. The van der Waals surface area contributed by atoms with Crippen molar-refractivity contribution >= 4 is 5.69 Å². The zero-order chi connectivity index (χ0) is 11.5. The highest BCUT2D eigenvalue weighted by molar-refractivity contribution is 5.52. The predicted octanol–water partition coefficient (Wildman–Crippen LogP) is 1.43. The number of rotatable bonds is 5. The summed E-state index contributed by atoms with van der Waals surface area (Å²) in [6.45, 7) is 0.226. The molecule has 2 rings (SSSR count). The fraction of sp³-hybridized carbons (Fsp3) is 0.500. The number of aliphatic hydroxyl groups excluding tert-OH is 1. The van der Waals surface area contributed by atoms with Crippen LogP contribution in [0.5, 0.6) is 11.5 Å². The Morgan fingerprint density at radius 2 is 2.25 bits per heavy atom. The highest BCUT2D eigenvalue weighted by atomic mass is 16.5. The molecule has 16 heavy (non-hydrogen) atoms. The molecule has 1 aliphatic rings. The van der Waals surface area contributed by atoms with Gasteiger partial charge in [0.15, 0.2) is 11.5 Å². The molecule has 0 bridgehead atoms. The van der Waals surface area contributed by atoms with E-state index in [2.05, 4.69) is 0 Å². The second kappa shape index (κ2) is 4.61. The van der Waals surface area contributed by atoms with Crippen LogP contribution in [0.25, 0.3) is 0 Å². The summed E-state index contributed by atoms with van der Waals surface area (Å²) in [5.41, 5.74) is 6.32. The number of anilines is 1. The van der Waals surface area contributed by atoms with E-state index in [0.717, 1.165) is 18.6 Å². The third kappa shape index (κ3) is 2.39. The van der Waals surface area contributed by atoms with E-state index in [0.29, 0.717) is 17.4 Å². The molecule has 1 saturated carbocycles. The zero-order valence-corrected chi connectivity index (χ0v) is 9.35. The fourth-order valence-corrected chi connectivity index (χ4v) is 1.78. The van der Waals surface area contributed by atoms with Crippen molar-refractivity contribution in [3.8, 4) is 11.5 Å². The largest absolute Gasteiger partial charge is 0.493 e. The van der Waals surface area contributed by atoms with E-state index in [9.17, 15) is 0 Å². The van der Waals surface area contributed by atoms with Crippen LogP contribution in [-0.2, 0) is 0 Å². The average molecular weight is 223 g/mol. The van der Waals surface area contributed by atoms with Crippen LogP contribution in [0.15, 0.2) is 18.2 Å². The Balaban J connectivity index is 1.99. The van der Waals surface area contributed by atoms with E-state index in [1.54, 1.807) is 19.2 Å². The minimum Gasteiger partial charge on any atom is -0.493 e. The minimum absolute atomic E-state index is 0.213. The summed E-state index contributed by atoms with van der Waals surface area (Å²) in [6.07, 6.45) is 2.03. The topological polar surface area (TPSA) is 64.7 Å². The van der Waals surface area contributed by atoms with Gasteiger partial charge in [0.25, 0.3) is 0 Å². The highest BCUT2D eigenvalue weighted by Crippen LogP contribution is 2.40. The number of nitrogen functional groups attached to an aromatic ring is 1. The molecule has 1 aromatic rings. The smallest absolute Gasteiger partial charge is 0.162 e. The first kappa shape index (κ1) is 11.1. The molecule has 0 spiro atoms. The molecule has 1 fully saturated rings. The standard InChI is InChI=1S/C12H17NO3/c1-15-12-7-9(13)2-3-10(12)16-11-6-8(11)4-5-14/h2-3,7-8,11,14H,4-6,13H2,1H3. The molecule has 4 nitrogen and oxygen atoms in total. The number of aliphatic hydroxyl groups is 1. The normalized spacial score (nSPS) is 22.9. The third-order valence-corrected chi connectivity index (χ3v) is 2.82. The molecule has 0 aromatic heterocycles. The second-order valence-electron chi connectivity index (χ2n) is 4.07. The van der Waals surface area contributed by atoms with E-state index in [1.165, 1.54) is 0 Å². The maximum absolute atomic E-state index is 8.80. The predicted molar refractivity (Wildman–Crippen MR) is 61.6 cm³/mol. The van der Waals surface area contributed by atoms with Gasteiger partial charge in [0.1, 0.15) is 6.10 Å². The number of methoxy groups -OCH3 is 1. The van der Waals surface area contributed by atoms with Crippen LogP contribution < -0.4 is 15.2 Å². The number of benzene rings is 1. The summed E-state index contributed by atoms with van der Waals surface area (Å²) < 4.78 is 11.0. The molecule has 0 aliphatic heterocycles. The van der Waals surface area contributed by atoms with Gasteiger partial charge in [-0.25, -0.2) is 0 Å². The molecule has 88 valence electrons. The molecule has 3 N–H and O–H groups in total. The van der Waals surface area contributed by atoms with Gasteiger partial charge in [-0.1, -0.05) is 0 Å². The maximum Gasteiger partial charge on any atom is 0.162 e. The summed E-state index contributed by atoms with van der Waals surface area (Å²) in [5.74, 6) is 1.86. The molecule has 2 unspecified atom stereocenters. The first-order chi connectivity index (χ1) is 7.74. The molecule has 0 heterocycles. The van der Waals surface area contributed by atoms with Crippen molar-refractivity contribution in [2.75, 3.05) is 19.5 Å². The van der Waals surface area contributed by atoms with Gasteiger partial charge in [0.2, 0.25) is 0 Å². The first-order valence-electron chi connectivity index (χ1n) is 5.45. The summed E-state index contributed by atoms with van der Waals surface area (Å²) in [4.78, 5) is 0. The van der Waals surface area contributed by atoms with Gasteiger partial charge in [-0.2, -0.15) is 0 Å². The third-order valence-electron chi connectivity index (χ3n) is 2.82. The molecule has 1 aliphatic carbocycles. The van der Waals surface area contributed by atoms with Crippen LogP contribution in [0.2, 0.25) is 0 Å². The number of nitrogens with two attached hydrogens (primary N) is 1. The van der Waals surface area contributed by atoms with Gasteiger partial charge < -0.3 is 20.3 Å². The molecule has 2 atom stereocenters. The number of ether oxygens (including phenoxy) is 2. The molecule has 0 radical (unpaired) electrons. The van der Waals surface area contributed by atoms with E-state index in [-0.39, 0.29) is 12.7 Å². The summed E-state index contributed by atoms with van der Waals surface area (Å²) >= 11 is 0. The van der Waals surface area contributed by atoms with Crippen molar-refractivity contribution < 1.29 is 14.6 Å². The molecular weight excluding hydrogens is 206 g/mol. The first-order valence-corrected chi connectivity index (χ1v) is 5.45. The Hall–Kier alpha value is -1.42. The van der Waals surface area contributed by atoms with Crippen molar-refractivity contribution in [2.45, 2.75) is 18.9 Å². The van der Waals surface area contributed by atoms with Gasteiger partial charge >= 0.3 is 0 Å². The van der Waals surface area contributed by atoms with Crippen LogP contribution in [0.1, 0.15) is 12.8 Å². The molecule has 0 amide bonds. The summed E-state index contributed by atoms with van der Waals surface area (Å²) in [7, 11) is 1.60. The van der Waals surface area contributed by atoms with Gasteiger partial charge in [-0.05, 0) is 25.0 Å². The van der Waals surface area contributed by atoms with Gasteiger partial charge in [0.05, 0.1) is 7.11 Å². The molecule has 0 saturated heterocycles. The SMILES string of the molecule is COc1cc(N)ccc1OC1CC1CCO. The zero-order valence-electron chi connectivity index (χ0n) is 9.35. The van der Waals surface area contributed by atoms with Crippen LogP contribution in [0, 0.1) is 5.92 Å². The minimum atomic E-state index is 0.213. The maximum atomic E-state index is 8.80. The van der Waals surface area contributed by atoms with Crippen molar-refractivity contribution in [2.24, 2.45) is 5.92 Å². The fourth-order valence-electron chi connectivity index (χ4n) is 1.78. The Morgan fingerprint density at radius 1 is 1.44 bits per heavy atom. The Kier molecular flexibility index (Phi) is 3.19. The van der Waals surface area contributed by atoms with E-state index in [4.69, 9.17) is 20.3 Å². The lowest BCUT2D eigenvalue weighted by Crippen LogP contribution is -2.03. The summed E-state index contributed by atoms with van der Waals surface area (Å²) in [6, 6.07) is 5.36. The second-order valence-corrected chi connectivity index (χ2v) is 4.07. The number of hydrogen-bond acceptors (Lipinski definition) is 4. The Labute approximate surface area is 95.0 Å². The van der Waals surface area contributed by atoms with Gasteiger partial charge in [-0.3, -0.25) is 0 Å². The van der Waals surface area contributed by atoms with Crippen LogP contribution in [-0.4, -0.2) is 24.9 Å². The molecule has 4 heteroatoms. The van der Waals surface area contributed by atoms with Crippen molar-refractivity contribution in [1.82, 2.24) is 0 Å². The molecular formula is C12H17NO3. The van der Waals surface area contributed by atoms with Gasteiger partial charge in [-0.15, -0.1) is 0 Å². The lowest BCUT2D eigenvalue weighted by atomic mass is 10.3. The van der Waals surface area contributed by atoms with Crippen LogP contribution in [0.3, 0.4) is 0 Å². The van der Waals surface area contributed by atoms with Crippen molar-refractivity contribution in [1.29, 1.82) is 0 Å². The van der Waals surface area contributed by atoms with Gasteiger partial charge in [0, 0.05) is 24.3 Å². The molecule has 1 aromatic carbocycles. The Bertz CT molecular complexity index is 367. The van der Waals surface area contributed by atoms with E-state index >= 15 is 0 Å².